The van der Waals surface area contributed by atoms with E-state index in [0.29, 0.717) is 5.56 Å². The molecular formula is C15H17NO2. The molecule has 0 aliphatic heterocycles. The summed E-state index contributed by atoms with van der Waals surface area (Å²) in [6.07, 6.45) is 1.61. The quantitative estimate of drug-likeness (QED) is 0.897. The van der Waals surface area contributed by atoms with Gasteiger partial charge in [-0.2, -0.15) is 0 Å². The third kappa shape index (κ3) is 2.62. The van der Waals surface area contributed by atoms with E-state index in [4.69, 9.17) is 4.42 Å². The van der Waals surface area contributed by atoms with E-state index >= 15 is 0 Å². The number of aryl methyl sites for hydroxylation is 2. The van der Waals surface area contributed by atoms with Crippen LogP contribution in [0.15, 0.2) is 41.0 Å². The van der Waals surface area contributed by atoms with Crippen LogP contribution in [0.5, 0.6) is 0 Å². The molecule has 1 aromatic heterocycles. The van der Waals surface area contributed by atoms with Crippen molar-refractivity contribution in [2.45, 2.75) is 26.8 Å². The Balaban J connectivity index is 2.10. The van der Waals surface area contributed by atoms with Crippen molar-refractivity contribution in [3.05, 3.63) is 59.0 Å². The molecule has 3 nitrogen and oxygen atoms in total. The van der Waals surface area contributed by atoms with Crippen molar-refractivity contribution >= 4 is 5.91 Å². The van der Waals surface area contributed by atoms with Crippen molar-refractivity contribution in [1.29, 1.82) is 0 Å². The maximum absolute atomic E-state index is 12.1. The number of rotatable bonds is 3. The zero-order valence-corrected chi connectivity index (χ0v) is 10.9. The van der Waals surface area contributed by atoms with Crippen LogP contribution in [0.4, 0.5) is 0 Å². The SMILES string of the molecule is Cc1ccc(C(=O)N[C@@H](C)c2ccco2)cc1C. The molecule has 1 atom stereocenters. The zero-order valence-electron chi connectivity index (χ0n) is 10.9. The number of carbonyl (C=O) groups excluding carboxylic acids is 1. The molecule has 0 spiro atoms. The van der Waals surface area contributed by atoms with Crippen molar-refractivity contribution in [2.24, 2.45) is 0 Å². The van der Waals surface area contributed by atoms with Gasteiger partial charge in [-0.3, -0.25) is 4.79 Å². The summed E-state index contributed by atoms with van der Waals surface area (Å²) in [6, 6.07) is 9.24. The predicted octanol–water partition coefficient (Wildman–Crippen LogP) is 3.39. The van der Waals surface area contributed by atoms with Gasteiger partial charge in [-0.1, -0.05) is 6.07 Å². The van der Waals surface area contributed by atoms with Crippen LogP contribution in [0.25, 0.3) is 0 Å². The van der Waals surface area contributed by atoms with E-state index in [9.17, 15) is 4.79 Å². The van der Waals surface area contributed by atoms with Crippen LogP contribution in [0, 0.1) is 13.8 Å². The number of amides is 1. The summed E-state index contributed by atoms with van der Waals surface area (Å²) >= 11 is 0. The van der Waals surface area contributed by atoms with Crippen LogP contribution in [0.2, 0.25) is 0 Å². The van der Waals surface area contributed by atoms with E-state index in [1.165, 1.54) is 5.56 Å². The second kappa shape index (κ2) is 5.08. The summed E-state index contributed by atoms with van der Waals surface area (Å²) < 4.78 is 5.26. The summed E-state index contributed by atoms with van der Waals surface area (Å²) in [5.74, 6) is 0.675. The number of nitrogens with one attached hydrogen (secondary N) is 1. The Hall–Kier alpha value is -2.03. The van der Waals surface area contributed by atoms with E-state index in [-0.39, 0.29) is 11.9 Å². The van der Waals surface area contributed by atoms with E-state index in [2.05, 4.69) is 5.32 Å². The van der Waals surface area contributed by atoms with Crippen LogP contribution in [-0.4, -0.2) is 5.91 Å². The van der Waals surface area contributed by atoms with Gasteiger partial charge in [0.25, 0.3) is 5.91 Å². The molecule has 3 heteroatoms. The summed E-state index contributed by atoms with van der Waals surface area (Å²) in [5, 5.41) is 2.91. The molecule has 1 heterocycles. The molecule has 0 aliphatic rings. The van der Waals surface area contributed by atoms with Crippen molar-refractivity contribution in [3.63, 3.8) is 0 Å². The maximum Gasteiger partial charge on any atom is 0.251 e. The smallest absolute Gasteiger partial charge is 0.251 e. The first-order chi connectivity index (χ1) is 8.58. The second-order valence-corrected chi connectivity index (χ2v) is 4.51. The zero-order chi connectivity index (χ0) is 13.1. The first-order valence-corrected chi connectivity index (χ1v) is 5.99. The number of furan rings is 1. The third-order valence-corrected chi connectivity index (χ3v) is 3.09. The highest BCUT2D eigenvalue weighted by Crippen LogP contribution is 2.14. The maximum atomic E-state index is 12.1. The van der Waals surface area contributed by atoms with Gasteiger partial charge in [0.15, 0.2) is 0 Å². The van der Waals surface area contributed by atoms with Gasteiger partial charge in [-0.15, -0.1) is 0 Å². The largest absolute Gasteiger partial charge is 0.467 e. The molecule has 0 saturated carbocycles. The Labute approximate surface area is 107 Å². The molecule has 1 amide bonds. The Morgan fingerprint density at radius 2 is 2.00 bits per heavy atom. The minimum atomic E-state index is -0.130. The average molecular weight is 243 g/mol. The minimum Gasteiger partial charge on any atom is -0.467 e. The molecule has 2 rings (SSSR count). The van der Waals surface area contributed by atoms with Crippen LogP contribution in [0.3, 0.4) is 0 Å². The first kappa shape index (κ1) is 12.4. The minimum absolute atomic E-state index is 0.0815. The molecule has 1 aromatic carbocycles. The van der Waals surface area contributed by atoms with Gasteiger partial charge in [0, 0.05) is 5.56 Å². The van der Waals surface area contributed by atoms with Crippen LogP contribution < -0.4 is 5.32 Å². The third-order valence-electron chi connectivity index (χ3n) is 3.09. The lowest BCUT2D eigenvalue weighted by molar-refractivity contribution is 0.0935. The molecule has 0 bridgehead atoms. The fourth-order valence-corrected chi connectivity index (χ4v) is 1.77. The molecule has 94 valence electrons. The highest BCUT2D eigenvalue weighted by atomic mass is 16.3. The lowest BCUT2D eigenvalue weighted by atomic mass is 10.1. The highest BCUT2D eigenvalue weighted by Gasteiger charge is 2.13. The molecule has 0 radical (unpaired) electrons. The summed E-state index contributed by atoms with van der Waals surface area (Å²) in [6.45, 7) is 5.93. The molecule has 0 aliphatic carbocycles. The van der Waals surface area contributed by atoms with Gasteiger partial charge < -0.3 is 9.73 Å². The molecule has 0 unspecified atom stereocenters. The Kier molecular flexibility index (Phi) is 3.51. The number of carbonyl (C=O) groups is 1. The summed E-state index contributed by atoms with van der Waals surface area (Å²) in [4.78, 5) is 12.1. The number of hydrogen-bond acceptors (Lipinski definition) is 2. The Morgan fingerprint density at radius 3 is 2.61 bits per heavy atom. The fourth-order valence-electron chi connectivity index (χ4n) is 1.77. The molecule has 2 aromatic rings. The van der Waals surface area contributed by atoms with Crippen molar-refractivity contribution < 1.29 is 9.21 Å². The van der Waals surface area contributed by atoms with Gasteiger partial charge in [-0.05, 0) is 56.2 Å². The topological polar surface area (TPSA) is 42.2 Å². The first-order valence-electron chi connectivity index (χ1n) is 5.99. The monoisotopic (exact) mass is 243 g/mol. The van der Waals surface area contributed by atoms with Gasteiger partial charge in [0.1, 0.15) is 5.76 Å². The Bertz CT molecular complexity index is 544. The van der Waals surface area contributed by atoms with E-state index in [0.717, 1.165) is 11.3 Å². The van der Waals surface area contributed by atoms with Crippen LogP contribution in [-0.2, 0) is 0 Å². The lowest BCUT2D eigenvalue weighted by Crippen LogP contribution is -2.26. The number of benzene rings is 1. The molecule has 1 N–H and O–H groups in total. The summed E-state index contributed by atoms with van der Waals surface area (Å²) in [7, 11) is 0. The van der Waals surface area contributed by atoms with E-state index in [1.54, 1.807) is 6.26 Å². The Morgan fingerprint density at radius 1 is 1.22 bits per heavy atom. The second-order valence-electron chi connectivity index (χ2n) is 4.51. The van der Waals surface area contributed by atoms with Crippen molar-refractivity contribution in [2.75, 3.05) is 0 Å². The molecule has 0 saturated heterocycles. The van der Waals surface area contributed by atoms with Crippen molar-refractivity contribution in [3.8, 4) is 0 Å². The molecule has 0 fully saturated rings. The van der Waals surface area contributed by atoms with Gasteiger partial charge in [-0.25, -0.2) is 0 Å². The van der Waals surface area contributed by atoms with E-state index < -0.39 is 0 Å². The molecule has 18 heavy (non-hydrogen) atoms. The van der Waals surface area contributed by atoms with Crippen LogP contribution in [0.1, 0.15) is 40.2 Å². The van der Waals surface area contributed by atoms with Crippen LogP contribution >= 0.6 is 0 Å². The highest BCUT2D eigenvalue weighted by molar-refractivity contribution is 5.94. The normalized spacial score (nSPS) is 12.2. The average Bonchev–Trinajstić information content (AvgIpc) is 2.86. The number of hydrogen-bond donors (Lipinski definition) is 1. The molecular weight excluding hydrogens is 226 g/mol. The predicted molar refractivity (Wildman–Crippen MR) is 70.5 cm³/mol. The van der Waals surface area contributed by atoms with Gasteiger partial charge in [0.2, 0.25) is 0 Å². The van der Waals surface area contributed by atoms with Gasteiger partial charge in [0.05, 0.1) is 12.3 Å². The lowest BCUT2D eigenvalue weighted by Gasteiger charge is -2.12. The van der Waals surface area contributed by atoms with Gasteiger partial charge >= 0.3 is 0 Å². The van der Waals surface area contributed by atoms with E-state index in [1.807, 2.05) is 51.1 Å². The summed E-state index contributed by atoms with van der Waals surface area (Å²) in [5.41, 5.74) is 2.98. The van der Waals surface area contributed by atoms with Crippen molar-refractivity contribution in [1.82, 2.24) is 5.32 Å². The fraction of sp³-hybridized carbons (Fsp3) is 0.267. The standard InChI is InChI=1S/C15H17NO2/c1-10-6-7-13(9-11(10)2)15(17)16-12(3)14-5-4-8-18-14/h4-9,12H,1-3H3,(H,16,17)/t12-/m0/s1.